The first kappa shape index (κ1) is 18.1. The van der Waals surface area contributed by atoms with Crippen LogP contribution in [0.3, 0.4) is 0 Å². The molecule has 0 aromatic carbocycles. The Bertz CT molecular complexity index is 547. The van der Waals surface area contributed by atoms with Crippen LogP contribution in [0.5, 0.6) is 0 Å². The van der Waals surface area contributed by atoms with Crippen LogP contribution in [0.1, 0.15) is 0 Å². The first-order valence-corrected chi connectivity index (χ1v) is 9.44. The molecule has 0 radical (unpaired) electrons. The van der Waals surface area contributed by atoms with Gasteiger partial charge in [-0.3, -0.25) is 14.5 Å². The smallest absolute Gasteiger partial charge is 0.236 e. The molecule has 10 heteroatoms. The summed E-state index contributed by atoms with van der Waals surface area (Å²) in [5.41, 5.74) is 5.36. The summed E-state index contributed by atoms with van der Waals surface area (Å²) < 4.78 is 30.0. The van der Waals surface area contributed by atoms with Gasteiger partial charge >= 0.3 is 0 Å². The normalized spacial score (nSPS) is 25.1. The maximum atomic E-state index is 12.5. The summed E-state index contributed by atoms with van der Waals surface area (Å²) in [5, 5.41) is 0. The number of hydrogen-bond acceptors (Lipinski definition) is 6. The van der Waals surface area contributed by atoms with Crippen LogP contribution in [-0.4, -0.2) is 99.6 Å². The van der Waals surface area contributed by atoms with Crippen LogP contribution < -0.4 is 5.73 Å². The maximum Gasteiger partial charge on any atom is 0.236 e. The van der Waals surface area contributed by atoms with Crippen molar-refractivity contribution in [2.24, 2.45) is 11.7 Å². The lowest BCUT2D eigenvalue weighted by Gasteiger charge is -2.29. The molecule has 2 heterocycles. The predicted octanol–water partition coefficient (Wildman–Crippen LogP) is -2.48. The van der Waals surface area contributed by atoms with Crippen LogP contribution >= 0.6 is 0 Å². The van der Waals surface area contributed by atoms with Crippen molar-refractivity contribution in [1.82, 2.24) is 14.1 Å². The molecule has 2 N–H and O–H groups in total. The predicted molar refractivity (Wildman–Crippen MR) is 82.9 cm³/mol. The van der Waals surface area contributed by atoms with Gasteiger partial charge in [-0.1, -0.05) is 0 Å². The van der Waals surface area contributed by atoms with Gasteiger partial charge in [0.2, 0.25) is 21.8 Å². The third-order valence-corrected chi connectivity index (χ3v) is 5.44. The minimum atomic E-state index is -3.43. The zero-order valence-corrected chi connectivity index (χ0v) is 14.1. The lowest BCUT2D eigenvalue weighted by atomic mass is 10.1. The summed E-state index contributed by atoms with van der Waals surface area (Å²) in [6.07, 6.45) is 1.09. The molecule has 2 fully saturated rings. The standard InChI is InChI=1S/C13H24N4O5S/c1-23(20,21)17-3-2-16(8-11(9-17)13(14)19)12(18)10-15-4-6-22-7-5-15/h11H,2-10H2,1H3,(H2,14,19)/t11-/m1/s1. The van der Waals surface area contributed by atoms with Crippen LogP contribution in [0.2, 0.25) is 0 Å². The van der Waals surface area contributed by atoms with Gasteiger partial charge in [0, 0.05) is 39.3 Å². The Labute approximate surface area is 136 Å². The fourth-order valence-corrected chi connectivity index (χ4v) is 3.61. The SMILES string of the molecule is CS(=O)(=O)N1CCN(C(=O)CN2CCOCC2)C[C@@H](C(N)=O)C1. The molecule has 2 saturated heterocycles. The van der Waals surface area contributed by atoms with E-state index < -0.39 is 21.8 Å². The van der Waals surface area contributed by atoms with Gasteiger partial charge < -0.3 is 15.4 Å². The van der Waals surface area contributed by atoms with Gasteiger partial charge in [0.15, 0.2) is 0 Å². The Balaban J connectivity index is 2.03. The number of nitrogens with two attached hydrogens (primary N) is 1. The molecular formula is C13H24N4O5S. The van der Waals surface area contributed by atoms with Crippen molar-refractivity contribution >= 4 is 21.8 Å². The molecule has 0 spiro atoms. The molecule has 0 bridgehead atoms. The Morgan fingerprint density at radius 1 is 1.13 bits per heavy atom. The van der Waals surface area contributed by atoms with E-state index >= 15 is 0 Å². The summed E-state index contributed by atoms with van der Waals surface area (Å²) in [6.45, 7) is 3.44. The van der Waals surface area contributed by atoms with Gasteiger partial charge in [0.1, 0.15) is 0 Å². The second kappa shape index (κ2) is 7.56. The number of amides is 2. The molecule has 0 unspecified atom stereocenters. The Kier molecular flexibility index (Phi) is 5.95. The molecule has 2 aliphatic rings. The number of carbonyl (C=O) groups excluding carboxylic acids is 2. The van der Waals surface area contributed by atoms with Gasteiger partial charge in [-0.2, -0.15) is 4.31 Å². The maximum absolute atomic E-state index is 12.5. The summed E-state index contributed by atoms with van der Waals surface area (Å²) in [4.78, 5) is 27.6. The van der Waals surface area contributed by atoms with Crippen molar-refractivity contribution in [2.75, 3.05) is 65.3 Å². The number of hydrogen-bond donors (Lipinski definition) is 1. The third-order valence-electron chi connectivity index (χ3n) is 4.17. The highest BCUT2D eigenvalue weighted by Crippen LogP contribution is 2.13. The number of ether oxygens (including phenoxy) is 1. The molecule has 2 rings (SSSR count). The summed E-state index contributed by atoms with van der Waals surface area (Å²) in [6, 6.07) is 0. The van der Waals surface area contributed by atoms with E-state index in [0.717, 1.165) is 6.26 Å². The molecule has 0 aromatic heterocycles. The Morgan fingerprint density at radius 2 is 1.78 bits per heavy atom. The number of morpholine rings is 1. The van der Waals surface area contributed by atoms with Gasteiger partial charge in [-0.05, 0) is 0 Å². The second-order valence-electron chi connectivity index (χ2n) is 5.95. The van der Waals surface area contributed by atoms with Crippen LogP contribution in [0, 0.1) is 5.92 Å². The van der Waals surface area contributed by atoms with Gasteiger partial charge in [0.05, 0.1) is 31.9 Å². The van der Waals surface area contributed by atoms with Crippen LogP contribution in [0.4, 0.5) is 0 Å². The van der Waals surface area contributed by atoms with E-state index in [1.165, 1.54) is 9.21 Å². The molecule has 2 aliphatic heterocycles. The second-order valence-corrected chi connectivity index (χ2v) is 7.93. The van der Waals surface area contributed by atoms with Crippen LogP contribution in [0.25, 0.3) is 0 Å². The van der Waals surface area contributed by atoms with Crippen molar-refractivity contribution in [1.29, 1.82) is 0 Å². The largest absolute Gasteiger partial charge is 0.379 e. The number of carbonyl (C=O) groups is 2. The Morgan fingerprint density at radius 3 is 2.35 bits per heavy atom. The molecule has 23 heavy (non-hydrogen) atoms. The van der Waals surface area contributed by atoms with Gasteiger partial charge in [-0.15, -0.1) is 0 Å². The van der Waals surface area contributed by atoms with E-state index in [1.54, 1.807) is 0 Å². The van der Waals surface area contributed by atoms with Gasteiger partial charge in [0.25, 0.3) is 0 Å². The highest BCUT2D eigenvalue weighted by atomic mass is 32.2. The molecule has 0 aromatic rings. The van der Waals surface area contributed by atoms with Crippen LogP contribution in [-0.2, 0) is 24.3 Å². The summed E-state index contributed by atoms with van der Waals surface area (Å²) >= 11 is 0. The minimum Gasteiger partial charge on any atom is -0.379 e. The first-order chi connectivity index (χ1) is 10.8. The van der Waals surface area contributed by atoms with E-state index in [2.05, 4.69) is 0 Å². The van der Waals surface area contributed by atoms with Crippen molar-refractivity contribution < 1.29 is 22.7 Å². The van der Waals surface area contributed by atoms with E-state index in [-0.39, 0.29) is 38.6 Å². The summed E-state index contributed by atoms with van der Waals surface area (Å²) in [7, 11) is -3.43. The van der Waals surface area contributed by atoms with E-state index in [0.29, 0.717) is 26.3 Å². The number of primary amides is 1. The van der Waals surface area contributed by atoms with Gasteiger partial charge in [-0.25, -0.2) is 8.42 Å². The quantitative estimate of drug-likeness (QED) is 0.602. The van der Waals surface area contributed by atoms with E-state index in [1.807, 2.05) is 4.90 Å². The lowest BCUT2D eigenvalue weighted by molar-refractivity contribution is -0.134. The molecule has 132 valence electrons. The molecule has 9 nitrogen and oxygen atoms in total. The molecule has 0 aliphatic carbocycles. The van der Waals surface area contributed by atoms with E-state index in [9.17, 15) is 18.0 Å². The van der Waals surface area contributed by atoms with Crippen molar-refractivity contribution in [2.45, 2.75) is 0 Å². The summed E-state index contributed by atoms with van der Waals surface area (Å²) in [5.74, 6) is -1.40. The lowest BCUT2D eigenvalue weighted by Crippen LogP contribution is -2.47. The third kappa shape index (κ3) is 5.13. The van der Waals surface area contributed by atoms with Crippen molar-refractivity contribution in [3.05, 3.63) is 0 Å². The highest BCUT2D eigenvalue weighted by Gasteiger charge is 2.32. The first-order valence-electron chi connectivity index (χ1n) is 7.59. The highest BCUT2D eigenvalue weighted by molar-refractivity contribution is 7.88. The van der Waals surface area contributed by atoms with Crippen molar-refractivity contribution in [3.63, 3.8) is 0 Å². The fraction of sp³-hybridized carbons (Fsp3) is 0.846. The molecule has 0 saturated carbocycles. The fourth-order valence-electron chi connectivity index (χ4n) is 2.74. The Hall–Kier alpha value is -1.23. The molecular weight excluding hydrogens is 324 g/mol. The van der Waals surface area contributed by atoms with E-state index in [4.69, 9.17) is 10.5 Å². The molecule has 1 atom stereocenters. The van der Waals surface area contributed by atoms with Crippen LogP contribution in [0.15, 0.2) is 0 Å². The number of nitrogens with zero attached hydrogens (tertiary/aromatic N) is 3. The topological polar surface area (TPSA) is 113 Å². The number of sulfonamides is 1. The average molecular weight is 348 g/mol. The monoisotopic (exact) mass is 348 g/mol. The molecule has 2 amide bonds. The zero-order chi connectivity index (χ0) is 17.0. The zero-order valence-electron chi connectivity index (χ0n) is 13.3. The number of rotatable bonds is 4. The van der Waals surface area contributed by atoms with Crippen molar-refractivity contribution in [3.8, 4) is 0 Å². The minimum absolute atomic E-state index is 0.0233. The average Bonchev–Trinajstić information content (AvgIpc) is 2.71.